The maximum atomic E-state index is 10.6. The monoisotopic (exact) mass is 197 g/mol. The van der Waals surface area contributed by atoms with Crippen LogP contribution in [0.3, 0.4) is 0 Å². The third-order valence-corrected chi connectivity index (χ3v) is 2.21. The van der Waals surface area contributed by atoms with E-state index in [0.717, 1.165) is 12.7 Å². The van der Waals surface area contributed by atoms with Gasteiger partial charge in [-0.25, -0.2) is 0 Å². The van der Waals surface area contributed by atoms with E-state index in [2.05, 4.69) is 11.9 Å². The van der Waals surface area contributed by atoms with Gasteiger partial charge in [-0.05, 0) is 19.4 Å². The third-order valence-electron chi connectivity index (χ3n) is 2.21. The third kappa shape index (κ3) is 4.35. The van der Waals surface area contributed by atoms with Crippen molar-refractivity contribution in [3.63, 3.8) is 0 Å². The number of nitrogens with one attached hydrogen (secondary N) is 1. The summed E-state index contributed by atoms with van der Waals surface area (Å²) >= 11 is 0. The first-order valence-corrected chi connectivity index (χ1v) is 4.75. The second-order valence-corrected chi connectivity index (χ2v) is 3.32. The first-order valence-electron chi connectivity index (χ1n) is 4.75. The van der Waals surface area contributed by atoms with Gasteiger partial charge in [0.05, 0.1) is 12.1 Å². The highest BCUT2D eigenvalue weighted by Gasteiger charge is 2.21. The van der Waals surface area contributed by atoms with Gasteiger partial charge in [0.15, 0.2) is 0 Å². The number of likely N-dealkylation sites (N-methyl/N-ethyl adjacent to an activating group) is 1. The Morgan fingerprint density at radius 3 is 2.64 bits per heavy atom. The standard InChI is InChI=1S/C11H19NO2/c1-4-5-6-7-9(2)11(14)10(8-13)12-3/h4-6,8-12,14H,1,7H2,2-3H3/b6-5+/t9-,10-,11-/m1/s1. The van der Waals surface area contributed by atoms with E-state index in [-0.39, 0.29) is 5.92 Å². The predicted octanol–water partition coefficient (Wildman–Crippen LogP) is 0.903. The molecule has 0 aromatic rings. The quantitative estimate of drug-likeness (QED) is 0.471. The second-order valence-electron chi connectivity index (χ2n) is 3.32. The van der Waals surface area contributed by atoms with Gasteiger partial charge in [-0.15, -0.1) is 0 Å². The molecule has 3 heteroatoms. The Hall–Kier alpha value is -0.930. The van der Waals surface area contributed by atoms with Gasteiger partial charge in [-0.2, -0.15) is 0 Å². The Morgan fingerprint density at radius 2 is 2.21 bits per heavy atom. The van der Waals surface area contributed by atoms with E-state index in [9.17, 15) is 9.90 Å². The fourth-order valence-electron chi connectivity index (χ4n) is 1.20. The van der Waals surface area contributed by atoms with Crippen molar-refractivity contribution in [1.82, 2.24) is 5.32 Å². The first kappa shape index (κ1) is 13.1. The van der Waals surface area contributed by atoms with Gasteiger partial charge < -0.3 is 15.2 Å². The number of carbonyl (C=O) groups excluding carboxylic acids is 1. The maximum Gasteiger partial charge on any atom is 0.139 e. The fraction of sp³-hybridized carbons (Fsp3) is 0.545. The highest BCUT2D eigenvalue weighted by atomic mass is 16.3. The van der Waals surface area contributed by atoms with E-state index >= 15 is 0 Å². The van der Waals surface area contributed by atoms with Crippen LogP contribution in [0.4, 0.5) is 0 Å². The molecule has 0 amide bonds. The Morgan fingerprint density at radius 1 is 1.57 bits per heavy atom. The number of aliphatic hydroxyl groups is 1. The topological polar surface area (TPSA) is 49.3 Å². The summed E-state index contributed by atoms with van der Waals surface area (Å²) in [6.07, 6.45) is 6.27. The molecule has 0 aliphatic rings. The van der Waals surface area contributed by atoms with E-state index in [1.54, 1.807) is 13.1 Å². The van der Waals surface area contributed by atoms with Gasteiger partial charge in [0.2, 0.25) is 0 Å². The lowest BCUT2D eigenvalue weighted by Gasteiger charge is -2.22. The summed E-state index contributed by atoms with van der Waals surface area (Å²) in [7, 11) is 1.66. The van der Waals surface area contributed by atoms with Crippen LogP contribution < -0.4 is 5.32 Å². The summed E-state index contributed by atoms with van der Waals surface area (Å²) in [5.41, 5.74) is 0. The van der Waals surface area contributed by atoms with Crippen LogP contribution in [-0.4, -0.2) is 30.6 Å². The molecule has 0 aromatic carbocycles. The van der Waals surface area contributed by atoms with Crippen molar-refractivity contribution < 1.29 is 9.90 Å². The molecule has 0 radical (unpaired) electrons. The second kappa shape index (κ2) is 7.47. The van der Waals surface area contributed by atoms with E-state index in [1.165, 1.54) is 0 Å². The van der Waals surface area contributed by atoms with Crippen LogP contribution in [0.5, 0.6) is 0 Å². The molecule has 0 aromatic heterocycles. The summed E-state index contributed by atoms with van der Waals surface area (Å²) in [4.78, 5) is 10.6. The minimum Gasteiger partial charge on any atom is -0.391 e. The van der Waals surface area contributed by atoms with Crippen LogP contribution >= 0.6 is 0 Å². The minimum atomic E-state index is -0.646. The number of allylic oxidation sites excluding steroid dienone is 3. The van der Waals surface area contributed by atoms with Crippen molar-refractivity contribution in [3.8, 4) is 0 Å². The van der Waals surface area contributed by atoms with Crippen molar-refractivity contribution in [3.05, 3.63) is 24.8 Å². The number of hydrogen-bond acceptors (Lipinski definition) is 3. The summed E-state index contributed by atoms with van der Waals surface area (Å²) < 4.78 is 0. The zero-order valence-corrected chi connectivity index (χ0v) is 8.81. The largest absolute Gasteiger partial charge is 0.391 e. The summed E-state index contributed by atoms with van der Waals surface area (Å²) in [6.45, 7) is 5.46. The number of rotatable bonds is 7. The van der Waals surface area contributed by atoms with Crippen molar-refractivity contribution in [2.24, 2.45) is 5.92 Å². The molecule has 0 fully saturated rings. The summed E-state index contributed by atoms with van der Waals surface area (Å²) in [5, 5.41) is 12.5. The predicted molar refractivity (Wildman–Crippen MR) is 58.0 cm³/mol. The van der Waals surface area contributed by atoms with E-state index in [0.29, 0.717) is 0 Å². The molecular weight excluding hydrogens is 178 g/mol. The molecule has 0 saturated heterocycles. The van der Waals surface area contributed by atoms with Crippen LogP contribution in [0, 0.1) is 5.92 Å². The minimum absolute atomic E-state index is 0.0499. The Bertz CT molecular complexity index is 201. The lowest BCUT2D eigenvalue weighted by molar-refractivity contribution is -0.112. The van der Waals surface area contributed by atoms with Crippen molar-refractivity contribution in [2.45, 2.75) is 25.5 Å². The van der Waals surface area contributed by atoms with Crippen molar-refractivity contribution in [1.29, 1.82) is 0 Å². The van der Waals surface area contributed by atoms with Crippen molar-refractivity contribution >= 4 is 6.29 Å². The molecule has 0 rings (SSSR count). The SMILES string of the molecule is C=C/C=C/C[C@@H](C)[C@@H](O)[C@@H](C=O)NC. The van der Waals surface area contributed by atoms with E-state index in [4.69, 9.17) is 0 Å². The molecule has 0 spiro atoms. The summed E-state index contributed by atoms with van der Waals surface area (Å²) in [5.74, 6) is 0.0499. The zero-order chi connectivity index (χ0) is 11.0. The lowest BCUT2D eigenvalue weighted by Crippen LogP contribution is -2.42. The Balaban J connectivity index is 4.08. The number of hydrogen-bond donors (Lipinski definition) is 2. The normalized spacial score (nSPS) is 17.6. The van der Waals surface area contributed by atoms with Crippen LogP contribution in [0.1, 0.15) is 13.3 Å². The molecule has 80 valence electrons. The Kier molecular flexibility index (Phi) is 6.98. The highest BCUT2D eigenvalue weighted by molar-refractivity contribution is 5.58. The van der Waals surface area contributed by atoms with Gasteiger partial charge in [0.25, 0.3) is 0 Å². The number of carbonyl (C=O) groups is 1. The van der Waals surface area contributed by atoms with Crippen LogP contribution in [0.15, 0.2) is 24.8 Å². The Labute approximate surface area is 85.5 Å². The van der Waals surface area contributed by atoms with Crippen LogP contribution in [-0.2, 0) is 4.79 Å². The average Bonchev–Trinajstić information content (AvgIpc) is 2.19. The molecule has 3 atom stereocenters. The molecule has 0 aliphatic heterocycles. The molecule has 0 heterocycles. The van der Waals surface area contributed by atoms with Crippen LogP contribution in [0.25, 0.3) is 0 Å². The fourth-order valence-corrected chi connectivity index (χ4v) is 1.20. The molecule has 3 nitrogen and oxygen atoms in total. The molecule has 0 aliphatic carbocycles. The highest BCUT2D eigenvalue weighted by Crippen LogP contribution is 2.11. The van der Waals surface area contributed by atoms with Gasteiger partial charge in [0, 0.05) is 0 Å². The van der Waals surface area contributed by atoms with Gasteiger partial charge in [-0.3, -0.25) is 0 Å². The number of aliphatic hydroxyl groups excluding tert-OH is 1. The number of aldehydes is 1. The average molecular weight is 197 g/mol. The molecule has 0 bridgehead atoms. The van der Waals surface area contributed by atoms with Crippen LogP contribution in [0.2, 0.25) is 0 Å². The molecule has 2 N–H and O–H groups in total. The smallest absolute Gasteiger partial charge is 0.139 e. The summed E-state index contributed by atoms with van der Waals surface area (Å²) in [6, 6.07) is -0.484. The van der Waals surface area contributed by atoms with Gasteiger partial charge >= 0.3 is 0 Å². The van der Waals surface area contributed by atoms with Crippen molar-refractivity contribution in [2.75, 3.05) is 7.05 Å². The van der Waals surface area contributed by atoms with E-state index in [1.807, 2.05) is 19.1 Å². The molecular formula is C11H19NO2. The lowest BCUT2D eigenvalue weighted by atomic mass is 9.95. The zero-order valence-electron chi connectivity index (χ0n) is 8.81. The molecule has 0 saturated carbocycles. The van der Waals surface area contributed by atoms with Gasteiger partial charge in [0.1, 0.15) is 6.29 Å². The maximum absolute atomic E-state index is 10.6. The van der Waals surface area contributed by atoms with E-state index < -0.39 is 12.1 Å². The van der Waals surface area contributed by atoms with Gasteiger partial charge in [-0.1, -0.05) is 31.7 Å². The first-order chi connectivity index (χ1) is 6.67. The molecule has 14 heavy (non-hydrogen) atoms. The molecule has 0 unspecified atom stereocenters.